The molecule has 1 unspecified atom stereocenters. The summed E-state index contributed by atoms with van der Waals surface area (Å²) in [5, 5.41) is 0. The highest BCUT2D eigenvalue weighted by atomic mass is 35.7. The fraction of sp³-hybridized carbons (Fsp3) is 0.417. The Bertz CT molecular complexity index is 588. The number of nitrogens with zero attached hydrogens (tertiary/aromatic N) is 1. The first-order valence-corrected chi connectivity index (χ1v) is 7.89. The Hall–Kier alpha value is -1.07. The fourth-order valence-corrected chi connectivity index (χ4v) is 2.85. The van der Waals surface area contributed by atoms with E-state index in [0.717, 1.165) is 17.7 Å². The highest BCUT2D eigenvalue weighted by Gasteiger charge is 2.35. The third-order valence-corrected chi connectivity index (χ3v) is 5.64. The highest BCUT2D eigenvalue weighted by molar-refractivity contribution is 8.15. The zero-order valence-electron chi connectivity index (χ0n) is 10.2. The van der Waals surface area contributed by atoms with Crippen molar-refractivity contribution in [3.8, 4) is 0 Å². The van der Waals surface area contributed by atoms with E-state index in [2.05, 4.69) is 0 Å². The Morgan fingerprint density at radius 3 is 2.56 bits per heavy atom. The normalized spacial score (nSPS) is 27.4. The van der Waals surface area contributed by atoms with Crippen molar-refractivity contribution in [3.05, 3.63) is 35.6 Å². The van der Waals surface area contributed by atoms with Crippen LogP contribution < -0.4 is 0 Å². The van der Waals surface area contributed by atoms with E-state index in [1.165, 1.54) is 19.9 Å². The summed E-state index contributed by atoms with van der Waals surface area (Å²) in [5.41, 5.74) is 1.73. The van der Waals surface area contributed by atoms with Crippen molar-refractivity contribution < 1.29 is 13.2 Å². The number of carbonyl (C=O) groups excluding carboxylic acids is 1. The molecule has 1 amide bonds. The minimum Gasteiger partial charge on any atom is -0.312 e. The molecule has 1 atom stereocenters. The molecular weight excluding hydrogens is 274 g/mol. The molecule has 0 saturated heterocycles. The lowest BCUT2D eigenvalue weighted by Crippen LogP contribution is -2.27. The van der Waals surface area contributed by atoms with Gasteiger partial charge in [-0.15, -0.1) is 0 Å². The predicted molar refractivity (Wildman–Crippen MR) is 70.5 cm³/mol. The molecule has 0 N–H and O–H groups in total. The second-order valence-corrected chi connectivity index (χ2v) is 7.59. The van der Waals surface area contributed by atoms with Crippen LogP contribution in [-0.4, -0.2) is 30.5 Å². The molecule has 0 aromatic rings. The third-order valence-electron chi connectivity index (χ3n) is 3.32. The Labute approximate surface area is 111 Å². The molecule has 18 heavy (non-hydrogen) atoms. The Morgan fingerprint density at radius 2 is 2.00 bits per heavy atom. The number of allylic oxidation sites excluding steroid dienone is 2. The molecule has 1 aliphatic heterocycles. The maximum absolute atomic E-state index is 11.6. The quantitative estimate of drug-likeness (QED) is 0.693. The SMILES string of the molecule is CC(=O)N1CCC2=C1C=CC(C)(S(=O)(=O)Cl)C=C2. The molecule has 0 saturated carbocycles. The monoisotopic (exact) mass is 287 g/mol. The number of rotatable bonds is 1. The Kier molecular flexibility index (Phi) is 3.15. The summed E-state index contributed by atoms with van der Waals surface area (Å²) >= 11 is 0. The van der Waals surface area contributed by atoms with E-state index in [1.54, 1.807) is 23.1 Å². The summed E-state index contributed by atoms with van der Waals surface area (Å²) < 4.78 is 21.9. The minimum atomic E-state index is -3.75. The van der Waals surface area contributed by atoms with Gasteiger partial charge in [0.1, 0.15) is 4.75 Å². The molecule has 0 bridgehead atoms. The van der Waals surface area contributed by atoms with Crippen molar-refractivity contribution in [3.63, 3.8) is 0 Å². The van der Waals surface area contributed by atoms with Gasteiger partial charge < -0.3 is 4.90 Å². The van der Waals surface area contributed by atoms with Crippen LogP contribution in [0.2, 0.25) is 0 Å². The summed E-state index contributed by atoms with van der Waals surface area (Å²) in [7, 11) is 1.70. The first-order valence-electron chi connectivity index (χ1n) is 5.58. The smallest absolute Gasteiger partial charge is 0.245 e. The van der Waals surface area contributed by atoms with E-state index < -0.39 is 13.8 Å². The van der Waals surface area contributed by atoms with Gasteiger partial charge >= 0.3 is 0 Å². The highest BCUT2D eigenvalue weighted by Crippen LogP contribution is 2.33. The van der Waals surface area contributed by atoms with E-state index >= 15 is 0 Å². The lowest BCUT2D eigenvalue weighted by atomic mass is 10.1. The van der Waals surface area contributed by atoms with Gasteiger partial charge in [-0.2, -0.15) is 0 Å². The topological polar surface area (TPSA) is 54.5 Å². The van der Waals surface area contributed by atoms with Crippen molar-refractivity contribution in [2.75, 3.05) is 6.54 Å². The number of amides is 1. The molecule has 0 aromatic heterocycles. The number of halogens is 1. The predicted octanol–water partition coefficient (Wildman–Crippen LogP) is 1.95. The molecule has 2 rings (SSSR count). The van der Waals surface area contributed by atoms with Gasteiger partial charge in [0, 0.05) is 29.8 Å². The molecule has 4 nitrogen and oxygen atoms in total. The zero-order valence-corrected chi connectivity index (χ0v) is 11.8. The Balaban J connectivity index is 2.44. The van der Waals surface area contributed by atoms with Crippen molar-refractivity contribution >= 4 is 25.6 Å². The molecule has 98 valence electrons. The molecule has 1 heterocycles. The van der Waals surface area contributed by atoms with Gasteiger partial charge in [0.2, 0.25) is 15.0 Å². The standard InChI is InChI=1S/C12H14ClNO3S/c1-9(15)14-8-5-10-3-6-12(2,18(13,16)17)7-4-11(10)14/h3-4,6-7H,5,8H2,1-2H3. The van der Waals surface area contributed by atoms with Gasteiger partial charge in [0.15, 0.2) is 0 Å². The molecule has 2 aliphatic rings. The molecular formula is C12H14ClNO3S. The number of hydrogen-bond acceptors (Lipinski definition) is 3. The van der Waals surface area contributed by atoms with Crippen LogP contribution in [0.3, 0.4) is 0 Å². The second-order valence-electron chi connectivity index (χ2n) is 4.62. The van der Waals surface area contributed by atoms with E-state index in [0.29, 0.717) is 6.54 Å². The molecule has 0 fully saturated rings. The Morgan fingerprint density at radius 1 is 1.39 bits per heavy atom. The van der Waals surface area contributed by atoms with Crippen LogP contribution in [0.4, 0.5) is 0 Å². The summed E-state index contributed by atoms with van der Waals surface area (Å²) in [6.45, 7) is 3.66. The van der Waals surface area contributed by atoms with Crippen molar-refractivity contribution in [1.29, 1.82) is 0 Å². The van der Waals surface area contributed by atoms with Gasteiger partial charge in [-0.3, -0.25) is 4.79 Å². The first kappa shape index (κ1) is 13.4. The third kappa shape index (κ3) is 2.12. The first-order chi connectivity index (χ1) is 8.24. The minimum absolute atomic E-state index is 0.0459. The van der Waals surface area contributed by atoms with Gasteiger partial charge in [0.25, 0.3) is 0 Å². The van der Waals surface area contributed by atoms with Crippen molar-refractivity contribution in [1.82, 2.24) is 4.90 Å². The second kappa shape index (κ2) is 4.24. The lowest BCUT2D eigenvalue weighted by Gasteiger charge is -2.18. The van der Waals surface area contributed by atoms with Crippen LogP contribution in [-0.2, 0) is 13.8 Å². The maximum Gasteiger partial charge on any atom is 0.245 e. The largest absolute Gasteiger partial charge is 0.312 e. The van der Waals surface area contributed by atoms with Crippen LogP contribution in [0.5, 0.6) is 0 Å². The summed E-state index contributed by atoms with van der Waals surface area (Å²) in [6, 6.07) is 0. The van der Waals surface area contributed by atoms with Crippen LogP contribution in [0.1, 0.15) is 20.3 Å². The van der Waals surface area contributed by atoms with E-state index in [-0.39, 0.29) is 5.91 Å². The van der Waals surface area contributed by atoms with E-state index in [9.17, 15) is 13.2 Å². The fourth-order valence-electron chi connectivity index (χ4n) is 2.08. The van der Waals surface area contributed by atoms with Crippen LogP contribution in [0.15, 0.2) is 35.6 Å². The van der Waals surface area contributed by atoms with Gasteiger partial charge in [-0.1, -0.05) is 18.2 Å². The van der Waals surface area contributed by atoms with Crippen molar-refractivity contribution in [2.45, 2.75) is 25.0 Å². The van der Waals surface area contributed by atoms with Gasteiger partial charge in [-0.25, -0.2) is 8.42 Å². The maximum atomic E-state index is 11.6. The summed E-state index contributed by atoms with van der Waals surface area (Å²) in [5.74, 6) is -0.0459. The van der Waals surface area contributed by atoms with Gasteiger partial charge in [-0.05, 0) is 25.0 Å². The lowest BCUT2D eigenvalue weighted by molar-refractivity contribution is -0.126. The van der Waals surface area contributed by atoms with Crippen LogP contribution in [0, 0.1) is 0 Å². The van der Waals surface area contributed by atoms with Crippen LogP contribution >= 0.6 is 10.7 Å². The average Bonchev–Trinajstić information content (AvgIpc) is 2.57. The average molecular weight is 288 g/mol. The molecule has 1 aliphatic carbocycles. The van der Waals surface area contributed by atoms with Crippen molar-refractivity contribution in [2.24, 2.45) is 0 Å². The molecule has 6 heteroatoms. The molecule has 0 spiro atoms. The van der Waals surface area contributed by atoms with E-state index in [1.807, 2.05) is 0 Å². The van der Waals surface area contributed by atoms with Crippen LogP contribution in [0.25, 0.3) is 0 Å². The number of hydrogen-bond donors (Lipinski definition) is 0. The number of carbonyl (C=O) groups is 1. The zero-order chi connectivity index (χ0) is 13.6. The molecule has 0 aromatic carbocycles. The molecule has 0 radical (unpaired) electrons. The summed E-state index contributed by atoms with van der Waals surface area (Å²) in [6.07, 6.45) is 7.24. The summed E-state index contributed by atoms with van der Waals surface area (Å²) in [4.78, 5) is 13.1. The van der Waals surface area contributed by atoms with E-state index in [4.69, 9.17) is 10.7 Å². The van der Waals surface area contributed by atoms with Gasteiger partial charge in [0.05, 0.1) is 0 Å².